The number of fused-ring (bicyclic) bond motifs is 3. The third-order valence-corrected chi connectivity index (χ3v) is 8.88. The highest BCUT2D eigenvalue weighted by Gasteiger charge is 2.32. The van der Waals surface area contributed by atoms with Crippen LogP contribution in [0.3, 0.4) is 0 Å². The van der Waals surface area contributed by atoms with Crippen molar-refractivity contribution in [2.75, 3.05) is 36.9 Å². The predicted octanol–water partition coefficient (Wildman–Crippen LogP) is 3.38. The van der Waals surface area contributed by atoms with E-state index in [-0.39, 0.29) is 18.1 Å². The van der Waals surface area contributed by atoms with E-state index in [1.165, 1.54) is 28.7 Å². The number of carbonyl (C=O) groups excluding carboxylic acids is 1. The Hall–Kier alpha value is -4.15. The minimum atomic E-state index is -0.239. The number of aromatic nitrogens is 4. The van der Waals surface area contributed by atoms with Gasteiger partial charge < -0.3 is 29.4 Å². The maximum absolute atomic E-state index is 13.8. The molecular formula is C31H35N7O3. The van der Waals surface area contributed by atoms with Crippen molar-refractivity contribution >= 4 is 23.1 Å². The first-order valence-electron chi connectivity index (χ1n) is 14.4. The Kier molecular flexibility index (Phi) is 6.32. The molecule has 212 valence electrons. The molecule has 3 aromatic heterocycles. The van der Waals surface area contributed by atoms with Crippen molar-refractivity contribution in [2.45, 2.75) is 44.8 Å². The molecule has 1 aromatic carbocycles. The van der Waals surface area contributed by atoms with Crippen LogP contribution >= 0.6 is 0 Å². The largest absolute Gasteiger partial charge is 0.392 e. The highest BCUT2D eigenvalue weighted by atomic mass is 16.3. The number of aromatic amines is 1. The second-order valence-electron chi connectivity index (χ2n) is 11.6. The van der Waals surface area contributed by atoms with Crippen LogP contribution in [0.4, 0.5) is 17.2 Å². The number of likely N-dealkylation sites (N-methyl/N-ethyl adjacent to an activating group) is 1. The maximum atomic E-state index is 13.8. The van der Waals surface area contributed by atoms with Gasteiger partial charge in [0.2, 0.25) is 0 Å². The van der Waals surface area contributed by atoms with Crippen LogP contribution < -0.4 is 15.8 Å². The molecule has 7 rings (SSSR count). The molecule has 41 heavy (non-hydrogen) atoms. The number of nitrogens with one attached hydrogen (secondary N) is 2. The molecule has 1 fully saturated rings. The summed E-state index contributed by atoms with van der Waals surface area (Å²) >= 11 is 0. The molecule has 5 heterocycles. The summed E-state index contributed by atoms with van der Waals surface area (Å²) in [6.45, 7) is 3.00. The van der Waals surface area contributed by atoms with Crippen LogP contribution in [-0.4, -0.2) is 61.9 Å². The fourth-order valence-electron chi connectivity index (χ4n) is 6.72. The minimum Gasteiger partial charge on any atom is -0.392 e. The van der Waals surface area contributed by atoms with Crippen LogP contribution in [0, 0.1) is 0 Å². The van der Waals surface area contributed by atoms with E-state index < -0.39 is 0 Å². The Morgan fingerprint density at radius 2 is 1.90 bits per heavy atom. The van der Waals surface area contributed by atoms with E-state index in [4.69, 9.17) is 0 Å². The zero-order valence-electron chi connectivity index (χ0n) is 23.5. The van der Waals surface area contributed by atoms with E-state index in [0.29, 0.717) is 35.2 Å². The van der Waals surface area contributed by atoms with Gasteiger partial charge in [-0.3, -0.25) is 14.7 Å². The third-order valence-electron chi connectivity index (χ3n) is 8.88. The number of rotatable bonds is 6. The second-order valence-corrected chi connectivity index (χ2v) is 11.6. The normalized spacial score (nSPS) is 17.3. The Labute approximate surface area is 238 Å². The Bertz CT molecular complexity index is 1710. The van der Waals surface area contributed by atoms with E-state index in [2.05, 4.69) is 38.1 Å². The predicted molar refractivity (Wildman–Crippen MR) is 158 cm³/mol. The van der Waals surface area contributed by atoms with Gasteiger partial charge in [-0.05, 0) is 62.1 Å². The van der Waals surface area contributed by atoms with Gasteiger partial charge in [-0.2, -0.15) is 5.10 Å². The molecule has 1 saturated heterocycles. The molecule has 4 aromatic rings. The first-order chi connectivity index (χ1) is 19.9. The molecule has 1 amide bonds. The molecule has 0 saturated carbocycles. The molecule has 0 spiro atoms. The monoisotopic (exact) mass is 553 g/mol. The van der Waals surface area contributed by atoms with Gasteiger partial charge in [0.1, 0.15) is 11.4 Å². The van der Waals surface area contributed by atoms with Crippen molar-refractivity contribution in [1.82, 2.24) is 24.2 Å². The third kappa shape index (κ3) is 4.38. The van der Waals surface area contributed by atoms with Crippen molar-refractivity contribution in [1.29, 1.82) is 0 Å². The van der Waals surface area contributed by atoms with E-state index in [9.17, 15) is 14.7 Å². The highest BCUT2D eigenvalue weighted by molar-refractivity contribution is 6.07. The van der Waals surface area contributed by atoms with E-state index in [0.717, 1.165) is 55.0 Å². The molecule has 0 atom stereocenters. The van der Waals surface area contributed by atoms with Gasteiger partial charge >= 0.3 is 0 Å². The van der Waals surface area contributed by atoms with Gasteiger partial charge in [0, 0.05) is 73.9 Å². The number of hydrogen-bond donors (Lipinski definition) is 3. The number of aryl methyl sites for hydroxylation is 2. The average molecular weight is 554 g/mol. The molecule has 10 heteroatoms. The maximum Gasteiger partial charge on any atom is 0.274 e. The number of H-pyrrole nitrogens is 1. The lowest BCUT2D eigenvalue weighted by atomic mass is 9.97. The van der Waals surface area contributed by atoms with Gasteiger partial charge in [0.15, 0.2) is 5.82 Å². The summed E-state index contributed by atoms with van der Waals surface area (Å²) in [6.07, 6.45) is 6.16. The number of benzene rings is 1. The molecule has 3 aliphatic rings. The number of amides is 1. The van der Waals surface area contributed by atoms with Crippen LogP contribution in [0.5, 0.6) is 0 Å². The standard InChI is InChI=1S/C31H35N7O3/c1-35-15-21(16-35)24-14-29(34-33-24)32-25-12-20(17-36(2)30(25)40)22-7-5-9-27(23(22)18-39)38-11-10-37-26-8-4-3-6-19(26)13-28(37)31(38)41/h5,7,9,12-14,17,21,39H,3-4,6,8,10-11,15-16,18H2,1-2H3,(H2,32,33,34). The lowest BCUT2D eigenvalue weighted by molar-refractivity contribution is 0.0964. The summed E-state index contributed by atoms with van der Waals surface area (Å²) < 4.78 is 3.73. The number of hydrogen-bond acceptors (Lipinski definition) is 6. The van der Waals surface area contributed by atoms with Gasteiger partial charge in [0.25, 0.3) is 11.5 Å². The number of pyridine rings is 1. The summed E-state index contributed by atoms with van der Waals surface area (Å²) in [4.78, 5) is 30.9. The number of likely N-dealkylation sites (tertiary alicyclic amines) is 1. The molecule has 0 bridgehead atoms. The Morgan fingerprint density at radius 1 is 1.07 bits per heavy atom. The summed E-state index contributed by atoms with van der Waals surface area (Å²) in [5.41, 5.74) is 7.50. The van der Waals surface area contributed by atoms with Crippen LogP contribution in [0.25, 0.3) is 11.1 Å². The number of aliphatic hydroxyl groups is 1. The second kappa shape index (κ2) is 10.0. The molecular weight excluding hydrogens is 518 g/mol. The van der Waals surface area contributed by atoms with Crippen LogP contribution in [0.1, 0.15) is 51.8 Å². The minimum absolute atomic E-state index is 0.0349. The summed E-state index contributed by atoms with van der Waals surface area (Å²) in [6, 6.07) is 11.6. The number of anilines is 3. The first kappa shape index (κ1) is 25.8. The SMILES string of the molecule is CN1CC(c2cc(Nc3cc(-c4cccc(N5CCn6c(cc7c6CCCC7)C5=O)c4CO)cn(C)c3=O)n[nH]2)C1. The fraction of sp³-hybridized carbons (Fsp3) is 0.387. The van der Waals surface area contributed by atoms with Gasteiger partial charge in [-0.15, -0.1) is 0 Å². The molecule has 0 unspecified atom stereocenters. The van der Waals surface area contributed by atoms with E-state index >= 15 is 0 Å². The van der Waals surface area contributed by atoms with Gasteiger partial charge in [-0.1, -0.05) is 12.1 Å². The Morgan fingerprint density at radius 3 is 2.71 bits per heavy atom. The summed E-state index contributed by atoms with van der Waals surface area (Å²) in [5.74, 6) is 0.967. The van der Waals surface area contributed by atoms with Crippen LogP contribution in [0.2, 0.25) is 0 Å². The van der Waals surface area contributed by atoms with Crippen LogP contribution in [0.15, 0.2) is 47.4 Å². The highest BCUT2D eigenvalue weighted by Crippen LogP contribution is 2.36. The number of nitrogens with zero attached hydrogens (tertiary/aromatic N) is 5. The lowest BCUT2D eigenvalue weighted by Gasteiger charge is -2.35. The summed E-state index contributed by atoms with van der Waals surface area (Å²) in [5, 5.41) is 21.3. The van der Waals surface area contributed by atoms with Gasteiger partial charge in [-0.25, -0.2) is 0 Å². The zero-order chi connectivity index (χ0) is 28.2. The smallest absolute Gasteiger partial charge is 0.274 e. The van der Waals surface area contributed by atoms with Crippen molar-refractivity contribution < 1.29 is 9.90 Å². The van der Waals surface area contributed by atoms with Crippen molar-refractivity contribution in [3.05, 3.63) is 81.2 Å². The molecule has 3 N–H and O–H groups in total. The summed E-state index contributed by atoms with van der Waals surface area (Å²) in [7, 11) is 3.80. The average Bonchev–Trinajstić information content (AvgIpc) is 3.58. The molecule has 0 radical (unpaired) electrons. The number of aliphatic hydroxyl groups excluding tert-OH is 1. The zero-order valence-corrected chi connectivity index (χ0v) is 23.5. The van der Waals surface area contributed by atoms with E-state index in [1.54, 1.807) is 24.2 Å². The van der Waals surface area contributed by atoms with Crippen molar-refractivity contribution in [3.8, 4) is 11.1 Å². The molecule has 1 aliphatic carbocycles. The molecule has 2 aliphatic heterocycles. The first-order valence-corrected chi connectivity index (χ1v) is 14.4. The number of carbonyl (C=O) groups is 1. The fourth-order valence-corrected chi connectivity index (χ4v) is 6.72. The Balaban J connectivity index is 1.22. The van der Waals surface area contributed by atoms with E-state index in [1.807, 2.05) is 24.3 Å². The van der Waals surface area contributed by atoms with Crippen LogP contribution in [-0.2, 0) is 33.0 Å². The van der Waals surface area contributed by atoms with Crippen molar-refractivity contribution in [3.63, 3.8) is 0 Å². The quantitative estimate of drug-likeness (QED) is 0.338. The lowest BCUT2D eigenvalue weighted by Crippen LogP contribution is -2.41. The molecule has 10 nitrogen and oxygen atoms in total. The topological polar surface area (TPSA) is 111 Å². The van der Waals surface area contributed by atoms with Gasteiger partial charge in [0.05, 0.1) is 12.3 Å². The van der Waals surface area contributed by atoms with Crippen molar-refractivity contribution in [2.24, 2.45) is 7.05 Å².